The normalized spacial score (nSPS) is 11.3. The third-order valence-corrected chi connectivity index (χ3v) is 6.16. The fraction of sp³-hybridized carbons (Fsp3) is 0.105. The quantitative estimate of drug-likeness (QED) is 0.542. The number of pyridine rings is 1. The van der Waals surface area contributed by atoms with Gasteiger partial charge < -0.3 is 4.74 Å². The van der Waals surface area contributed by atoms with Gasteiger partial charge in [-0.15, -0.1) is 6.58 Å². The van der Waals surface area contributed by atoms with Crippen molar-refractivity contribution in [3.63, 3.8) is 0 Å². The zero-order chi connectivity index (χ0) is 18.7. The summed E-state index contributed by atoms with van der Waals surface area (Å²) in [6.07, 6.45) is 3.09. The molecular formula is C19H17BrN2O3S. The van der Waals surface area contributed by atoms with Gasteiger partial charge in [-0.1, -0.05) is 40.2 Å². The SMILES string of the molecule is C=CCN(c1cnc2ccccc2c1)S(=O)(=O)c1cc(Br)ccc1OC. The molecular weight excluding hydrogens is 416 g/mol. The van der Waals surface area contributed by atoms with Crippen molar-refractivity contribution in [2.24, 2.45) is 0 Å². The van der Waals surface area contributed by atoms with Crippen LogP contribution in [-0.4, -0.2) is 27.1 Å². The van der Waals surface area contributed by atoms with E-state index in [2.05, 4.69) is 27.5 Å². The molecule has 0 aliphatic carbocycles. The van der Waals surface area contributed by atoms with Crippen molar-refractivity contribution in [3.05, 3.63) is 71.9 Å². The summed E-state index contributed by atoms with van der Waals surface area (Å²) < 4.78 is 33.8. The lowest BCUT2D eigenvalue weighted by atomic mass is 10.2. The van der Waals surface area contributed by atoms with Crippen LogP contribution < -0.4 is 9.04 Å². The van der Waals surface area contributed by atoms with Crippen LogP contribution in [0.3, 0.4) is 0 Å². The Bertz CT molecular complexity index is 1070. The van der Waals surface area contributed by atoms with Crippen molar-refractivity contribution in [2.45, 2.75) is 4.90 Å². The summed E-state index contributed by atoms with van der Waals surface area (Å²) in [6.45, 7) is 3.80. The Morgan fingerprint density at radius 1 is 1.23 bits per heavy atom. The number of anilines is 1. The summed E-state index contributed by atoms with van der Waals surface area (Å²) in [5, 5.41) is 0.857. The fourth-order valence-electron chi connectivity index (χ4n) is 2.63. The highest BCUT2D eigenvalue weighted by Crippen LogP contribution is 2.32. The van der Waals surface area contributed by atoms with Crippen LogP contribution in [0, 0.1) is 0 Å². The third kappa shape index (κ3) is 3.45. The molecule has 0 aliphatic rings. The van der Waals surface area contributed by atoms with Crippen LogP contribution in [0.1, 0.15) is 0 Å². The molecule has 0 unspecified atom stereocenters. The molecule has 0 spiro atoms. The number of nitrogens with zero attached hydrogens (tertiary/aromatic N) is 2. The maximum Gasteiger partial charge on any atom is 0.268 e. The monoisotopic (exact) mass is 432 g/mol. The van der Waals surface area contributed by atoms with Gasteiger partial charge in [0.15, 0.2) is 0 Å². The van der Waals surface area contributed by atoms with Gasteiger partial charge in [0.05, 0.1) is 31.1 Å². The molecule has 0 amide bonds. The van der Waals surface area contributed by atoms with Crippen LogP contribution in [0.15, 0.2) is 76.8 Å². The smallest absolute Gasteiger partial charge is 0.268 e. The number of aromatic nitrogens is 1. The van der Waals surface area contributed by atoms with Gasteiger partial charge in [0.2, 0.25) is 0 Å². The van der Waals surface area contributed by atoms with Crippen LogP contribution in [0.2, 0.25) is 0 Å². The second kappa shape index (κ2) is 7.47. The number of fused-ring (bicyclic) bond motifs is 1. The average Bonchev–Trinajstić information content (AvgIpc) is 2.65. The molecule has 0 saturated carbocycles. The second-order valence-corrected chi connectivity index (χ2v) is 8.25. The van der Waals surface area contributed by atoms with E-state index in [9.17, 15) is 8.42 Å². The molecule has 134 valence electrons. The first kappa shape index (κ1) is 18.4. The Morgan fingerprint density at radius 2 is 2.00 bits per heavy atom. The first-order valence-electron chi connectivity index (χ1n) is 7.79. The highest BCUT2D eigenvalue weighted by molar-refractivity contribution is 9.10. The van der Waals surface area contributed by atoms with Gasteiger partial charge in [-0.25, -0.2) is 8.42 Å². The average molecular weight is 433 g/mol. The molecule has 2 aromatic carbocycles. The topological polar surface area (TPSA) is 59.5 Å². The summed E-state index contributed by atoms with van der Waals surface area (Å²) in [4.78, 5) is 4.44. The van der Waals surface area contributed by atoms with Gasteiger partial charge in [-0.3, -0.25) is 9.29 Å². The van der Waals surface area contributed by atoms with Gasteiger partial charge in [0.1, 0.15) is 10.6 Å². The molecule has 0 bridgehead atoms. The number of methoxy groups -OCH3 is 1. The van der Waals surface area contributed by atoms with E-state index in [0.29, 0.717) is 10.2 Å². The van der Waals surface area contributed by atoms with E-state index in [1.807, 2.05) is 24.3 Å². The van der Waals surface area contributed by atoms with E-state index in [1.54, 1.807) is 24.4 Å². The summed E-state index contributed by atoms with van der Waals surface area (Å²) in [5.74, 6) is 0.274. The lowest BCUT2D eigenvalue weighted by molar-refractivity contribution is 0.402. The van der Waals surface area contributed by atoms with Crippen LogP contribution in [0.5, 0.6) is 5.75 Å². The molecule has 3 aromatic rings. The van der Waals surface area contributed by atoms with E-state index in [1.165, 1.54) is 23.6 Å². The predicted octanol–water partition coefficient (Wildman–Crippen LogP) is 4.39. The Kier molecular flexibility index (Phi) is 5.29. The maximum atomic E-state index is 13.3. The van der Waals surface area contributed by atoms with Crippen LogP contribution in [0.25, 0.3) is 10.9 Å². The Balaban J connectivity index is 2.17. The van der Waals surface area contributed by atoms with Crippen molar-refractivity contribution in [1.29, 1.82) is 0 Å². The first-order valence-corrected chi connectivity index (χ1v) is 10.0. The Hall–Kier alpha value is -2.38. The van der Waals surface area contributed by atoms with E-state index in [4.69, 9.17) is 4.74 Å². The molecule has 0 aliphatic heterocycles. The molecule has 0 fully saturated rings. The van der Waals surface area contributed by atoms with Crippen LogP contribution >= 0.6 is 15.9 Å². The molecule has 5 nitrogen and oxygen atoms in total. The van der Waals surface area contributed by atoms with Gasteiger partial charge in [-0.05, 0) is 30.3 Å². The Morgan fingerprint density at radius 3 is 2.73 bits per heavy atom. The Labute approximate surface area is 161 Å². The molecule has 0 atom stereocenters. The molecule has 0 N–H and O–H groups in total. The number of para-hydroxylation sites is 1. The first-order chi connectivity index (χ1) is 12.5. The minimum atomic E-state index is -3.88. The molecule has 7 heteroatoms. The maximum absolute atomic E-state index is 13.3. The van der Waals surface area contributed by atoms with Crippen LogP contribution in [0.4, 0.5) is 5.69 Å². The predicted molar refractivity (Wildman–Crippen MR) is 107 cm³/mol. The zero-order valence-electron chi connectivity index (χ0n) is 14.1. The van der Waals surface area contributed by atoms with Crippen LogP contribution in [-0.2, 0) is 10.0 Å². The summed E-state index contributed by atoms with van der Waals surface area (Å²) in [5.41, 5.74) is 1.26. The van der Waals surface area contributed by atoms with Crippen molar-refractivity contribution < 1.29 is 13.2 Å². The standard InChI is InChI=1S/C19H17BrN2O3S/c1-3-10-22(16-11-14-6-4-5-7-17(14)21-13-16)26(23,24)19-12-15(20)8-9-18(19)25-2/h3-9,11-13H,1,10H2,2H3. The summed E-state index contributed by atoms with van der Waals surface area (Å²) in [7, 11) is -2.44. The van der Waals surface area contributed by atoms with E-state index in [-0.39, 0.29) is 17.2 Å². The number of hydrogen-bond acceptors (Lipinski definition) is 4. The number of halogens is 1. The number of ether oxygens (including phenoxy) is 1. The van der Waals surface area contributed by atoms with Gasteiger partial charge in [0.25, 0.3) is 10.0 Å². The number of hydrogen-bond donors (Lipinski definition) is 0. The van der Waals surface area contributed by atoms with Gasteiger partial charge in [0, 0.05) is 9.86 Å². The number of benzene rings is 2. The summed E-state index contributed by atoms with van der Waals surface area (Å²) in [6, 6.07) is 14.2. The van der Waals surface area contributed by atoms with Crippen molar-refractivity contribution in [3.8, 4) is 5.75 Å². The van der Waals surface area contributed by atoms with Crippen molar-refractivity contribution >= 4 is 42.5 Å². The lowest BCUT2D eigenvalue weighted by Crippen LogP contribution is -2.31. The molecule has 26 heavy (non-hydrogen) atoms. The van der Waals surface area contributed by atoms with Gasteiger partial charge in [-0.2, -0.15) is 0 Å². The zero-order valence-corrected chi connectivity index (χ0v) is 16.5. The van der Waals surface area contributed by atoms with E-state index in [0.717, 1.165) is 10.9 Å². The molecule has 3 rings (SSSR count). The molecule has 1 aromatic heterocycles. The lowest BCUT2D eigenvalue weighted by Gasteiger charge is -2.24. The highest BCUT2D eigenvalue weighted by Gasteiger charge is 2.28. The third-order valence-electron chi connectivity index (χ3n) is 3.85. The largest absolute Gasteiger partial charge is 0.495 e. The van der Waals surface area contributed by atoms with Crippen molar-refractivity contribution in [1.82, 2.24) is 4.98 Å². The van der Waals surface area contributed by atoms with E-state index >= 15 is 0 Å². The highest BCUT2D eigenvalue weighted by atomic mass is 79.9. The molecule has 0 saturated heterocycles. The second-order valence-electron chi connectivity index (χ2n) is 5.51. The minimum absolute atomic E-state index is 0.0735. The number of rotatable bonds is 6. The number of sulfonamides is 1. The van der Waals surface area contributed by atoms with Crippen molar-refractivity contribution in [2.75, 3.05) is 18.0 Å². The molecule has 1 heterocycles. The fourth-order valence-corrected chi connectivity index (χ4v) is 4.74. The van der Waals surface area contributed by atoms with E-state index < -0.39 is 10.0 Å². The molecule has 0 radical (unpaired) electrons. The minimum Gasteiger partial charge on any atom is -0.495 e. The van der Waals surface area contributed by atoms with Gasteiger partial charge >= 0.3 is 0 Å². The summed E-state index contributed by atoms with van der Waals surface area (Å²) >= 11 is 3.32.